The minimum Gasteiger partial charge on any atom is -0.460 e. The van der Waals surface area contributed by atoms with E-state index in [4.69, 9.17) is 48.5 Å². The number of aliphatic hydroxyl groups is 3. The first-order valence-electron chi connectivity index (χ1n) is 12.6. The molecule has 12 nitrogen and oxygen atoms in total. The molecule has 0 amide bonds. The second-order valence-electron chi connectivity index (χ2n) is 9.31. The first kappa shape index (κ1) is 44.4. The third-order valence-corrected chi connectivity index (χ3v) is 3.27. The van der Waals surface area contributed by atoms with Gasteiger partial charge in [0.2, 0.25) is 0 Å². The summed E-state index contributed by atoms with van der Waals surface area (Å²) in [6, 6.07) is 0. The Hall–Kier alpha value is -1.64. The summed E-state index contributed by atoms with van der Waals surface area (Å²) >= 11 is 0. The molecule has 0 aliphatic heterocycles. The zero-order chi connectivity index (χ0) is 29.7. The highest BCUT2D eigenvalue weighted by atomic mass is 16.6. The van der Waals surface area contributed by atoms with Crippen LogP contribution in [0.1, 0.15) is 55.4 Å². The van der Waals surface area contributed by atoms with Crippen LogP contribution < -0.4 is 0 Å². The Balaban J connectivity index is -0.000000258. The molecule has 0 heterocycles. The Labute approximate surface area is 235 Å². The lowest BCUT2D eigenvalue weighted by Gasteiger charge is -2.19. The summed E-state index contributed by atoms with van der Waals surface area (Å²) in [4.78, 5) is 21.8. The standard InChI is InChI=1S/C13H26O6.C7H12O2.C6H14O4.CH4/c1-13(2,3)19-12(15)4-6-16-8-10-18-11-9-17-7-5-14;1-5-6(8)9-7(2,3)4;7-1-3-9-5-6-10-4-2-8;/h14H,4-11H2,1-3H3;5H,1H2,2-4H3;7-8H,1-6H2;1H4. The van der Waals surface area contributed by atoms with Crippen molar-refractivity contribution in [2.75, 3.05) is 85.9 Å². The maximum atomic E-state index is 11.3. The molecule has 0 bridgehead atoms. The largest absolute Gasteiger partial charge is 0.460 e. The van der Waals surface area contributed by atoms with Gasteiger partial charge >= 0.3 is 11.9 Å². The summed E-state index contributed by atoms with van der Waals surface area (Å²) in [5.41, 5.74) is -0.847. The maximum absolute atomic E-state index is 11.3. The molecule has 0 aliphatic carbocycles. The molecule has 0 saturated heterocycles. The molecule has 39 heavy (non-hydrogen) atoms. The fourth-order valence-corrected chi connectivity index (χ4v) is 1.95. The van der Waals surface area contributed by atoms with Crippen molar-refractivity contribution in [2.45, 2.75) is 66.6 Å². The van der Waals surface area contributed by atoms with Gasteiger partial charge in [0.25, 0.3) is 0 Å². The van der Waals surface area contributed by atoms with E-state index in [0.29, 0.717) is 66.1 Å². The molecule has 12 heteroatoms. The minimum atomic E-state index is -0.450. The van der Waals surface area contributed by atoms with Crippen LogP contribution in [-0.2, 0) is 42.7 Å². The number of rotatable bonds is 19. The number of aliphatic hydroxyl groups excluding tert-OH is 3. The summed E-state index contributed by atoms with van der Waals surface area (Å²) in [7, 11) is 0. The predicted octanol–water partition coefficient (Wildman–Crippen LogP) is 1.91. The molecule has 0 aromatic rings. The van der Waals surface area contributed by atoms with Gasteiger partial charge in [0.05, 0.1) is 92.3 Å². The molecule has 3 N–H and O–H groups in total. The van der Waals surface area contributed by atoms with Crippen LogP contribution in [0.25, 0.3) is 0 Å². The Bertz CT molecular complexity index is 534. The van der Waals surface area contributed by atoms with Gasteiger partial charge in [0, 0.05) is 6.08 Å². The number of hydrogen-bond donors (Lipinski definition) is 3. The average molecular weight is 573 g/mol. The van der Waals surface area contributed by atoms with E-state index in [1.54, 1.807) is 0 Å². The summed E-state index contributed by atoms with van der Waals surface area (Å²) in [5, 5.41) is 25.0. The zero-order valence-corrected chi connectivity index (χ0v) is 24.2. The lowest BCUT2D eigenvalue weighted by atomic mass is 10.2. The molecule has 0 spiro atoms. The molecule has 236 valence electrons. The van der Waals surface area contributed by atoms with E-state index >= 15 is 0 Å². The van der Waals surface area contributed by atoms with Crippen LogP contribution >= 0.6 is 0 Å². The van der Waals surface area contributed by atoms with Gasteiger partial charge in [-0.3, -0.25) is 4.79 Å². The van der Waals surface area contributed by atoms with E-state index < -0.39 is 11.2 Å². The first-order valence-corrected chi connectivity index (χ1v) is 12.6. The number of carbonyl (C=O) groups excluding carboxylic acids is 2. The number of hydrogen-bond acceptors (Lipinski definition) is 12. The SMILES string of the molecule is C.C=CC(=O)OC(C)(C)C.CC(C)(C)OC(=O)CCOCCOCCOCCO.OCCOCCOCCO. The van der Waals surface area contributed by atoms with E-state index in [9.17, 15) is 9.59 Å². The summed E-state index contributed by atoms with van der Waals surface area (Å²) < 4.78 is 35.2. The van der Waals surface area contributed by atoms with Crippen molar-refractivity contribution in [1.29, 1.82) is 0 Å². The van der Waals surface area contributed by atoms with Crippen LogP contribution in [0.5, 0.6) is 0 Å². The molecule has 0 atom stereocenters. The zero-order valence-electron chi connectivity index (χ0n) is 24.2. The molecule has 0 unspecified atom stereocenters. The van der Waals surface area contributed by atoms with Gasteiger partial charge in [0.1, 0.15) is 11.2 Å². The Morgan fingerprint density at radius 2 is 0.897 bits per heavy atom. The summed E-state index contributed by atoms with van der Waals surface area (Å²) in [5.74, 6) is -0.631. The quantitative estimate of drug-likeness (QED) is 0.117. The highest BCUT2D eigenvalue weighted by Crippen LogP contribution is 2.08. The van der Waals surface area contributed by atoms with Crippen molar-refractivity contribution in [3.8, 4) is 0 Å². The van der Waals surface area contributed by atoms with Gasteiger partial charge in [-0.1, -0.05) is 14.0 Å². The summed E-state index contributed by atoms with van der Waals surface area (Å²) in [6.45, 7) is 18.4. The molecule has 0 aromatic heterocycles. The Morgan fingerprint density at radius 1 is 0.590 bits per heavy atom. The smallest absolute Gasteiger partial charge is 0.330 e. The second-order valence-corrected chi connectivity index (χ2v) is 9.31. The van der Waals surface area contributed by atoms with E-state index in [1.807, 2.05) is 41.5 Å². The van der Waals surface area contributed by atoms with Crippen molar-refractivity contribution in [2.24, 2.45) is 0 Å². The topological polar surface area (TPSA) is 159 Å². The fourth-order valence-electron chi connectivity index (χ4n) is 1.95. The lowest BCUT2D eigenvalue weighted by molar-refractivity contribution is -0.156. The van der Waals surface area contributed by atoms with E-state index in [1.165, 1.54) is 0 Å². The molecule has 0 radical (unpaired) electrons. The highest BCUT2D eigenvalue weighted by Gasteiger charge is 2.15. The predicted molar refractivity (Wildman–Crippen MR) is 149 cm³/mol. The van der Waals surface area contributed by atoms with Crippen molar-refractivity contribution in [3.05, 3.63) is 12.7 Å². The van der Waals surface area contributed by atoms with E-state index in [2.05, 4.69) is 6.58 Å². The summed E-state index contributed by atoms with van der Waals surface area (Å²) in [6.07, 6.45) is 1.40. The van der Waals surface area contributed by atoms with Crippen molar-refractivity contribution < 1.29 is 58.1 Å². The van der Waals surface area contributed by atoms with Gasteiger partial charge in [-0.25, -0.2) is 4.79 Å². The lowest BCUT2D eigenvalue weighted by Crippen LogP contribution is -2.24. The van der Waals surface area contributed by atoms with Crippen LogP contribution in [0.15, 0.2) is 12.7 Å². The van der Waals surface area contributed by atoms with Gasteiger partial charge in [-0.15, -0.1) is 0 Å². The fraction of sp³-hybridized carbons (Fsp3) is 0.852. The Kier molecular flexibility index (Phi) is 35.2. The second kappa shape index (κ2) is 30.9. The van der Waals surface area contributed by atoms with Gasteiger partial charge in [-0.2, -0.15) is 0 Å². The van der Waals surface area contributed by atoms with Crippen molar-refractivity contribution in [1.82, 2.24) is 0 Å². The maximum Gasteiger partial charge on any atom is 0.330 e. The molecule has 0 aromatic carbocycles. The van der Waals surface area contributed by atoms with Gasteiger partial charge in [0.15, 0.2) is 0 Å². The first-order chi connectivity index (χ1) is 17.8. The minimum absolute atomic E-state index is 0. The molecule has 0 rings (SSSR count). The van der Waals surface area contributed by atoms with Crippen molar-refractivity contribution in [3.63, 3.8) is 0 Å². The average Bonchev–Trinajstić information content (AvgIpc) is 2.81. The van der Waals surface area contributed by atoms with E-state index in [-0.39, 0.29) is 45.6 Å². The third kappa shape index (κ3) is 49.8. The van der Waals surface area contributed by atoms with E-state index in [0.717, 1.165) is 6.08 Å². The molecule has 0 fully saturated rings. The van der Waals surface area contributed by atoms with Crippen molar-refractivity contribution >= 4 is 11.9 Å². The van der Waals surface area contributed by atoms with Crippen LogP contribution in [0.4, 0.5) is 0 Å². The van der Waals surface area contributed by atoms with Crippen LogP contribution in [-0.4, -0.2) is 124 Å². The number of ether oxygens (including phenoxy) is 7. The molecular formula is C27H56O12. The monoisotopic (exact) mass is 572 g/mol. The normalized spacial score (nSPS) is 10.7. The van der Waals surface area contributed by atoms with Gasteiger partial charge in [-0.05, 0) is 41.5 Å². The third-order valence-electron chi connectivity index (χ3n) is 3.27. The number of esters is 2. The van der Waals surface area contributed by atoms with Crippen LogP contribution in [0.3, 0.4) is 0 Å². The number of carbonyl (C=O) groups is 2. The highest BCUT2D eigenvalue weighted by molar-refractivity contribution is 5.81. The molecule has 0 aliphatic rings. The van der Waals surface area contributed by atoms with Gasteiger partial charge < -0.3 is 48.5 Å². The molecule has 0 saturated carbocycles. The Morgan fingerprint density at radius 3 is 1.15 bits per heavy atom. The van der Waals surface area contributed by atoms with Crippen LogP contribution in [0.2, 0.25) is 0 Å². The van der Waals surface area contributed by atoms with Crippen LogP contribution in [0, 0.1) is 0 Å². The molecular weight excluding hydrogens is 516 g/mol.